The van der Waals surface area contributed by atoms with Gasteiger partial charge in [-0.1, -0.05) is 52.0 Å². The number of nitrogens with zero attached hydrogens (tertiary/aromatic N) is 2. The lowest BCUT2D eigenvalue weighted by Crippen LogP contribution is -2.01. The van der Waals surface area contributed by atoms with E-state index in [1.807, 2.05) is 0 Å². The van der Waals surface area contributed by atoms with Gasteiger partial charge in [0.05, 0.1) is 13.1 Å². The van der Waals surface area contributed by atoms with Crippen LogP contribution in [0.3, 0.4) is 0 Å². The first-order valence-corrected chi connectivity index (χ1v) is 8.45. The molecule has 0 N–H and O–H groups in total. The number of rotatable bonds is 8. The van der Waals surface area contributed by atoms with Crippen LogP contribution in [-0.4, -0.2) is 11.4 Å². The van der Waals surface area contributed by atoms with Gasteiger partial charge in [-0.15, -0.1) is 0 Å². The molecule has 0 bridgehead atoms. The molecule has 1 aromatic carbocycles. The fraction of sp³-hybridized carbons (Fsp3) is 0.600. The molecule has 2 heteroatoms. The van der Waals surface area contributed by atoms with Gasteiger partial charge in [-0.05, 0) is 49.7 Å². The monoisotopic (exact) mass is 300 g/mol. The quantitative estimate of drug-likeness (QED) is 0.550. The molecule has 0 aliphatic rings. The molecule has 0 spiro atoms. The van der Waals surface area contributed by atoms with Crippen LogP contribution in [-0.2, 0) is 13.1 Å². The Bertz CT molecular complexity index is 463. The predicted molar refractivity (Wildman–Crippen MR) is 99.0 cm³/mol. The number of hydrogen-bond donors (Lipinski definition) is 0. The molecule has 0 atom stereocenters. The molecule has 0 radical (unpaired) electrons. The van der Waals surface area contributed by atoms with Crippen molar-refractivity contribution in [3.05, 3.63) is 35.4 Å². The summed E-state index contributed by atoms with van der Waals surface area (Å²) in [6, 6.07) is 8.54. The molecule has 0 aliphatic heterocycles. The third-order valence-corrected chi connectivity index (χ3v) is 3.56. The van der Waals surface area contributed by atoms with E-state index in [9.17, 15) is 0 Å². The van der Waals surface area contributed by atoms with Crippen LogP contribution in [0.1, 0.15) is 65.5 Å². The summed E-state index contributed by atoms with van der Waals surface area (Å²) in [5.74, 6) is 1.34. The minimum atomic E-state index is 0.669. The van der Waals surface area contributed by atoms with Gasteiger partial charge in [-0.3, -0.25) is 9.98 Å². The van der Waals surface area contributed by atoms with Crippen molar-refractivity contribution in [3.8, 4) is 0 Å². The predicted octanol–water partition coefficient (Wildman–Crippen LogP) is 5.70. The Morgan fingerprint density at radius 1 is 0.773 bits per heavy atom. The zero-order valence-electron chi connectivity index (χ0n) is 15.2. The normalized spacial score (nSPS) is 13.3. The average Bonchev–Trinajstić information content (AvgIpc) is 2.42. The van der Waals surface area contributed by atoms with Gasteiger partial charge in [0.2, 0.25) is 0 Å². The Hall–Kier alpha value is -1.44. The highest BCUT2D eigenvalue weighted by Gasteiger charge is 2.03. The van der Waals surface area contributed by atoms with Gasteiger partial charge in [0.1, 0.15) is 0 Å². The van der Waals surface area contributed by atoms with Gasteiger partial charge in [-0.25, -0.2) is 0 Å². The lowest BCUT2D eigenvalue weighted by Gasteiger charge is -2.09. The average molecular weight is 300 g/mol. The first kappa shape index (κ1) is 18.6. The van der Waals surface area contributed by atoms with E-state index in [-0.39, 0.29) is 0 Å². The van der Waals surface area contributed by atoms with Gasteiger partial charge in [0.25, 0.3) is 0 Å². The molecule has 0 saturated heterocycles. The molecule has 122 valence electrons. The highest BCUT2D eigenvalue weighted by Crippen LogP contribution is 2.13. The standard InChI is InChI=1S/C20H32N2/c1-15(2)11-17(5)21-13-19-9-7-8-10-20(19)14-22-18(6)12-16(3)4/h7-10,15-16H,11-14H2,1-6H3. The zero-order chi connectivity index (χ0) is 16.5. The second-order valence-electron chi connectivity index (χ2n) is 7.07. The molecule has 2 nitrogen and oxygen atoms in total. The molecule has 22 heavy (non-hydrogen) atoms. The third-order valence-electron chi connectivity index (χ3n) is 3.56. The Morgan fingerprint density at radius 2 is 1.14 bits per heavy atom. The first-order chi connectivity index (χ1) is 10.4. The molecule has 0 saturated carbocycles. The number of aliphatic imine (C=N–C) groups is 2. The minimum Gasteiger partial charge on any atom is -0.290 e. The van der Waals surface area contributed by atoms with Crippen molar-refractivity contribution in [1.82, 2.24) is 0 Å². The zero-order valence-corrected chi connectivity index (χ0v) is 15.2. The Labute approximate surface area is 136 Å². The van der Waals surface area contributed by atoms with E-state index in [1.54, 1.807) is 0 Å². The van der Waals surface area contributed by atoms with E-state index in [4.69, 9.17) is 9.98 Å². The lowest BCUT2D eigenvalue weighted by molar-refractivity contribution is 0.679. The van der Waals surface area contributed by atoms with Crippen molar-refractivity contribution in [2.45, 2.75) is 67.5 Å². The van der Waals surface area contributed by atoms with E-state index in [0.717, 1.165) is 25.9 Å². The maximum absolute atomic E-state index is 4.74. The second-order valence-corrected chi connectivity index (χ2v) is 7.07. The smallest absolute Gasteiger partial charge is 0.0642 e. The Kier molecular flexibility index (Phi) is 8.08. The van der Waals surface area contributed by atoms with Gasteiger partial charge < -0.3 is 0 Å². The molecule has 0 aromatic heterocycles. The van der Waals surface area contributed by atoms with Crippen molar-refractivity contribution in [2.75, 3.05) is 0 Å². The fourth-order valence-corrected chi connectivity index (χ4v) is 2.62. The summed E-state index contributed by atoms with van der Waals surface area (Å²) in [4.78, 5) is 9.48. The maximum Gasteiger partial charge on any atom is 0.0642 e. The van der Waals surface area contributed by atoms with Crippen LogP contribution in [0.2, 0.25) is 0 Å². The van der Waals surface area contributed by atoms with Crippen LogP contribution >= 0.6 is 0 Å². The van der Waals surface area contributed by atoms with E-state index in [0.29, 0.717) is 11.8 Å². The molecule has 1 rings (SSSR count). The molecule has 0 unspecified atom stereocenters. The molecule has 0 fully saturated rings. The van der Waals surface area contributed by atoms with Crippen LogP contribution in [0, 0.1) is 11.8 Å². The summed E-state index contributed by atoms with van der Waals surface area (Å²) in [5, 5.41) is 0. The van der Waals surface area contributed by atoms with E-state index >= 15 is 0 Å². The highest BCUT2D eigenvalue weighted by atomic mass is 14.7. The summed E-state index contributed by atoms with van der Waals surface area (Å²) in [7, 11) is 0. The van der Waals surface area contributed by atoms with Crippen molar-refractivity contribution in [3.63, 3.8) is 0 Å². The van der Waals surface area contributed by atoms with Crippen LogP contribution in [0.25, 0.3) is 0 Å². The van der Waals surface area contributed by atoms with E-state index in [1.165, 1.54) is 22.6 Å². The van der Waals surface area contributed by atoms with Gasteiger partial charge in [0.15, 0.2) is 0 Å². The third kappa shape index (κ3) is 7.53. The van der Waals surface area contributed by atoms with Gasteiger partial charge >= 0.3 is 0 Å². The van der Waals surface area contributed by atoms with Crippen molar-refractivity contribution in [2.24, 2.45) is 21.8 Å². The number of hydrogen-bond acceptors (Lipinski definition) is 2. The van der Waals surface area contributed by atoms with Crippen molar-refractivity contribution < 1.29 is 0 Å². The van der Waals surface area contributed by atoms with Crippen LogP contribution in [0.15, 0.2) is 34.3 Å². The van der Waals surface area contributed by atoms with Gasteiger partial charge in [-0.2, -0.15) is 0 Å². The summed E-state index contributed by atoms with van der Waals surface area (Å²) >= 11 is 0. The van der Waals surface area contributed by atoms with Gasteiger partial charge in [0, 0.05) is 11.4 Å². The Morgan fingerprint density at radius 3 is 1.45 bits per heavy atom. The van der Waals surface area contributed by atoms with Crippen LogP contribution in [0.5, 0.6) is 0 Å². The summed E-state index contributed by atoms with van der Waals surface area (Å²) in [6.45, 7) is 14.7. The van der Waals surface area contributed by atoms with Crippen LogP contribution < -0.4 is 0 Å². The van der Waals surface area contributed by atoms with Crippen molar-refractivity contribution in [1.29, 1.82) is 0 Å². The maximum atomic E-state index is 4.74. The van der Waals surface area contributed by atoms with E-state index in [2.05, 4.69) is 65.8 Å². The largest absolute Gasteiger partial charge is 0.290 e. The minimum absolute atomic E-state index is 0.669. The topological polar surface area (TPSA) is 24.7 Å². The fourth-order valence-electron chi connectivity index (χ4n) is 2.62. The molecule has 0 heterocycles. The summed E-state index contributed by atoms with van der Waals surface area (Å²) in [5.41, 5.74) is 5.08. The second kappa shape index (κ2) is 9.55. The molecular weight excluding hydrogens is 268 g/mol. The molecular formula is C20H32N2. The van der Waals surface area contributed by atoms with E-state index < -0.39 is 0 Å². The van der Waals surface area contributed by atoms with Crippen LogP contribution in [0.4, 0.5) is 0 Å². The number of benzene rings is 1. The highest BCUT2D eigenvalue weighted by molar-refractivity contribution is 5.82. The lowest BCUT2D eigenvalue weighted by atomic mass is 10.1. The Balaban J connectivity index is 2.74. The molecule has 1 aromatic rings. The first-order valence-electron chi connectivity index (χ1n) is 8.45. The summed E-state index contributed by atoms with van der Waals surface area (Å²) < 4.78 is 0. The molecule has 0 aliphatic carbocycles. The summed E-state index contributed by atoms with van der Waals surface area (Å²) in [6.07, 6.45) is 2.15. The SMILES string of the molecule is CC(CC(C)C)=NCc1ccccc1CN=C(C)CC(C)C. The van der Waals surface area contributed by atoms with Crippen molar-refractivity contribution >= 4 is 11.4 Å². The molecule has 0 amide bonds.